The molecule has 4 heterocycles. The van der Waals surface area contributed by atoms with Crippen LogP contribution in [0.1, 0.15) is 0 Å². The van der Waals surface area contributed by atoms with Gasteiger partial charge < -0.3 is 13.4 Å². The van der Waals surface area contributed by atoms with Crippen LogP contribution in [0.15, 0.2) is 239 Å². The van der Waals surface area contributed by atoms with E-state index in [0.29, 0.717) is 23.1 Å². The Kier molecular flexibility index (Phi) is 8.79. The molecule has 6 heteroatoms. The quantitative estimate of drug-likeness (QED) is 0.159. The first-order chi connectivity index (χ1) is 34.2. The van der Waals surface area contributed by atoms with Crippen molar-refractivity contribution in [2.45, 2.75) is 0 Å². The maximum absolute atomic E-state index is 6.83. The van der Waals surface area contributed by atoms with Gasteiger partial charge in [-0.2, -0.15) is 0 Å². The lowest BCUT2D eigenvalue weighted by molar-refractivity contribution is 0.668. The Hall–Kier alpha value is -9.39. The number of rotatable bonds is 7. The Bertz CT molecular complexity index is 4290. The number of nitrogens with zero attached hydrogens (tertiary/aromatic N) is 4. The van der Waals surface area contributed by atoms with Crippen LogP contribution >= 0.6 is 0 Å². The minimum absolute atomic E-state index is 0.539. The van der Waals surface area contributed by atoms with E-state index in [9.17, 15) is 0 Å². The van der Waals surface area contributed by atoms with E-state index in [1.165, 1.54) is 21.9 Å². The zero-order chi connectivity index (χ0) is 45.4. The second kappa shape index (κ2) is 15.6. The summed E-state index contributed by atoms with van der Waals surface area (Å²) in [4.78, 5) is 15.3. The van der Waals surface area contributed by atoms with Gasteiger partial charge in [-0.05, 0) is 81.9 Å². The summed E-state index contributed by atoms with van der Waals surface area (Å²) >= 11 is 0. The van der Waals surface area contributed by atoms with Crippen LogP contribution in [0.2, 0.25) is 0 Å². The van der Waals surface area contributed by atoms with Crippen molar-refractivity contribution in [2.24, 2.45) is 0 Å². The van der Waals surface area contributed by atoms with Crippen molar-refractivity contribution in [3.63, 3.8) is 0 Å². The SMILES string of the molecule is c1ccc(-c2ccc(-c3nc(-c4ccccc4)nc(-c4cccc5c4oc4ccc(-c6cc(-n7c8ccccc8c8cc(-c9ccccc9)ccc87)cc7oc8ccccc8c67)cc45)n3)cc2)cc1. The molecule has 0 atom stereocenters. The van der Waals surface area contributed by atoms with Crippen molar-refractivity contribution in [1.29, 1.82) is 0 Å². The summed E-state index contributed by atoms with van der Waals surface area (Å²) in [5.74, 6) is 1.72. The van der Waals surface area contributed by atoms with E-state index in [1.54, 1.807) is 0 Å². The van der Waals surface area contributed by atoms with Crippen LogP contribution in [0, 0.1) is 0 Å². The van der Waals surface area contributed by atoms with Gasteiger partial charge in [0.2, 0.25) is 0 Å². The molecule has 0 amide bonds. The summed E-state index contributed by atoms with van der Waals surface area (Å²) in [6, 6.07) is 80.5. The number of fused-ring (bicyclic) bond motifs is 9. The lowest BCUT2D eigenvalue weighted by atomic mass is 9.97. The fourth-order valence-electron chi connectivity index (χ4n) is 10.2. The fraction of sp³-hybridized carbons (Fsp3) is 0. The molecule has 0 radical (unpaired) electrons. The minimum atomic E-state index is 0.539. The summed E-state index contributed by atoms with van der Waals surface area (Å²) < 4.78 is 15.9. The van der Waals surface area contributed by atoms with Gasteiger partial charge in [0.1, 0.15) is 22.3 Å². The maximum Gasteiger partial charge on any atom is 0.167 e. The highest BCUT2D eigenvalue weighted by Crippen LogP contribution is 2.44. The molecular formula is C63H38N4O2. The Morgan fingerprint density at radius 1 is 0.290 bits per heavy atom. The van der Waals surface area contributed by atoms with Crippen molar-refractivity contribution >= 4 is 65.7 Å². The van der Waals surface area contributed by atoms with Crippen LogP contribution in [0.5, 0.6) is 0 Å². The molecule has 0 spiro atoms. The first kappa shape index (κ1) is 38.8. The fourth-order valence-corrected chi connectivity index (χ4v) is 10.2. The summed E-state index contributed by atoms with van der Waals surface area (Å²) in [6.45, 7) is 0. The number of aromatic nitrogens is 4. The van der Waals surface area contributed by atoms with Crippen molar-refractivity contribution in [2.75, 3.05) is 0 Å². The van der Waals surface area contributed by atoms with E-state index in [-0.39, 0.29) is 0 Å². The predicted octanol–water partition coefficient (Wildman–Crippen LogP) is 16.8. The molecule has 0 aliphatic rings. The Morgan fingerprint density at radius 3 is 1.59 bits per heavy atom. The van der Waals surface area contributed by atoms with Crippen LogP contribution < -0.4 is 0 Å². The van der Waals surface area contributed by atoms with Gasteiger partial charge in [0, 0.05) is 49.5 Å². The van der Waals surface area contributed by atoms with E-state index >= 15 is 0 Å². The lowest BCUT2D eigenvalue weighted by Crippen LogP contribution is -2.00. The second-order valence-corrected chi connectivity index (χ2v) is 17.5. The van der Waals surface area contributed by atoms with Crippen LogP contribution in [0.3, 0.4) is 0 Å². The normalized spacial score (nSPS) is 11.8. The Morgan fingerprint density at radius 2 is 0.826 bits per heavy atom. The first-order valence-corrected chi connectivity index (χ1v) is 23.2. The van der Waals surface area contributed by atoms with E-state index in [2.05, 4.69) is 180 Å². The van der Waals surface area contributed by atoms with Gasteiger partial charge in [0.25, 0.3) is 0 Å². The molecule has 14 rings (SSSR count). The standard InChI is InChI=1S/C63H38N4O2/c1-4-15-39(16-5-1)41-27-29-43(30-28-41)62-64-61(42-19-8-3-9-20-42)65-63(66-62)50-24-14-23-48-53-36-45(32-34-57(53)69-60(48)50)51-37-46(38-58-59(51)49-22-11-13-26-56(49)68-58)67-54-25-12-10-21-47(54)52-35-44(31-33-55(52)67)40-17-6-2-7-18-40/h1-38H. The molecule has 0 aliphatic heterocycles. The molecule has 6 nitrogen and oxygen atoms in total. The topological polar surface area (TPSA) is 69.9 Å². The van der Waals surface area contributed by atoms with Crippen molar-refractivity contribution in [3.05, 3.63) is 231 Å². The largest absolute Gasteiger partial charge is 0.456 e. The zero-order valence-corrected chi connectivity index (χ0v) is 37.0. The summed E-state index contributed by atoms with van der Waals surface area (Å²) in [5, 5.41) is 6.49. The Labute approximate surface area is 396 Å². The van der Waals surface area contributed by atoms with Gasteiger partial charge in [-0.3, -0.25) is 0 Å². The van der Waals surface area contributed by atoms with Gasteiger partial charge in [0.15, 0.2) is 17.5 Å². The highest BCUT2D eigenvalue weighted by molar-refractivity contribution is 6.16. The molecular weight excluding hydrogens is 845 g/mol. The van der Waals surface area contributed by atoms with Crippen LogP contribution in [0.25, 0.3) is 139 Å². The summed E-state index contributed by atoms with van der Waals surface area (Å²) in [7, 11) is 0. The predicted molar refractivity (Wildman–Crippen MR) is 281 cm³/mol. The summed E-state index contributed by atoms with van der Waals surface area (Å²) in [6.07, 6.45) is 0. The number of para-hydroxylation sites is 3. The van der Waals surface area contributed by atoms with Crippen LogP contribution in [-0.2, 0) is 0 Å². The third kappa shape index (κ3) is 6.45. The van der Waals surface area contributed by atoms with Crippen molar-refractivity contribution < 1.29 is 8.83 Å². The molecule has 322 valence electrons. The molecule has 0 N–H and O–H groups in total. The molecule has 0 fully saturated rings. The Balaban J connectivity index is 0.937. The van der Waals surface area contributed by atoms with Crippen molar-refractivity contribution in [1.82, 2.24) is 19.5 Å². The number of furan rings is 2. The molecule has 0 saturated heterocycles. The van der Waals surface area contributed by atoms with Crippen LogP contribution in [-0.4, -0.2) is 19.5 Å². The van der Waals surface area contributed by atoms with Gasteiger partial charge >= 0.3 is 0 Å². The van der Waals surface area contributed by atoms with Gasteiger partial charge in [-0.15, -0.1) is 0 Å². The average molecular weight is 883 g/mol. The van der Waals surface area contributed by atoms with Gasteiger partial charge in [0.05, 0.1) is 22.3 Å². The molecule has 10 aromatic carbocycles. The molecule has 0 bridgehead atoms. The minimum Gasteiger partial charge on any atom is -0.456 e. The molecule has 0 saturated carbocycles. The van der Waals surface area contributed by atoms with Crippen LogP contribution in [0.4, 0.5) is 0 Å². The molecule has 69 heavy (non-hydrogen) atoms. The van der Waals surface area contributed by atoms with Gasteiger partial charge in [-0.1, -0.05) is 176 Å². The summed E-state index contributed by atoms with van der Waals surface area (Å²) in [5.41, 5.74) is 15.8. The highest BCUT2D eigenvalue weighted by atomic mass is 16.3. The first-order valence-electron chi connectivity index (χ1n) is 23.2. The third-order valence-corrected chi connectivity index (χ3v) is 13.5. The van der Waals surface area contributed by atoms with Crippen molar-refractivity contribution in [3.8, 4) is 73.2 Å². The molecule has 4 aromatic heterocycles. The second-order valence-electron chi connectivity index (χ2n) is 17.5. The zero-order valence-electron chi connectivity index (χ0n) is 37.0. The van der Waals surface area contributed by atoms with E-state index in [1.807, 2.05) is 54.6 Å². The molecule has 14 aromatic rings. The molecule has 0 unspecified atom stereocenters. The lowest BCUT2D eigenvalue weighted by Gasteiger charge is -2.12. The third-order valence-electron chi connectivity index (χ3n) is 13.5. The number of hydrogen-bond acceptors (Lipinski definition) is 5. The van der Waals surface area contributed by atoms with E-state index in [4.69, 9.17) is 23.8 Å². The number of hydrogen-bond donors (Lipinski definition) is 0. The average Bonchev–Trinajstić information content (AvgIpc) is 4.10. The highest BCUT2D eigenvalue weighted by Gasteiger charge is 2.22. The maximum atomic E-state index is 6.83. The van der Waals surface area contributed by atoms with Gasteiger partial charge in [-0.25, -0.2) is 15.0 Å². The smallest absolute Gasteiger partial charge is 0.167 e. The van der Waals surface area contributed by atoms with E-state index < -0.39 is 0 Å². The van der Waals surface area contributed by atoms with E-state index in [0.717, 1.165) is 94.0 Å². The monoisotopic (exact) mass is 882 g/mol. The number of benzene rings is 10. The molecule has 0 aliphatic carbocycles.